The van der Waals surface area contributed by atoms with Gasteiger partial charge >= 0.3 is 6.18 Å². The summed E-state index contributed by atoms with van der Waals surface area (Å²) in [6.07, 6.45) is 3.80. The van der Waals surface area contributed by atoms with Crippen molar-refractivity contribution >= 4 is 33.1 Å². The van der Waals surface area contributed by atoms with E-state index in [1.807, 2.05) is 4.90 Å². The number of hydrogen-bond acceptors (Lipinski definition) is 6. The summed E-state index contributed by atoms with van der Waals surface area (Å²) in [5, 5.41) is 14.0. The number of nitriles is 1. The van der Waals surface area contributed by atoms with E-state index in [2.05, 4.69) is 21.3 Å². The lowest BCUT2D eigenvalue weighted by molar-refractivity contribution is -0.152. The third-order valence-electron chi connectivity index (χ3n) is 9.30. The third-order valence-corrected chi connectivity index (χ3v) is 10.3. The number of piperidine rings is 2. The SMILES string of the molecule is N#Cc1cnc2sc(CC(F)(F)F)cc2c1N1CC2(CN(C(=O)[C@H]3N[C@H]4CC[C@@H]3C[C@@H]4CC3CC3)C2)C1. The van der Waals surface area contributed by atoms with Gasteiger partial charge in [-0.05, 0) is 49.5 Å². The molecule has 8 rings (SSSR count). The van der Waals surface area contributed by atoms with E-state index in [1.165, 1.54) is 38.3 Å². The second-order valence-electron chi connectivity index (χ2n) is 12.2. The molecule has 2 bridgehead atoms. The van der Waals surface area contributed by atoms with E-state index in [4.69, 9.17) is 0 Å². The fraction of sp³-hybridized carbons (Fsp3) is 0.667. The van der Waals surface area contributed by atoms with Crippen molar-refractivity contribution in [2.24, 2.45) is 23.2 Å². The Morgan fingerprint density at radius 2 is 2.00 bits per heavy atom. The van der Waals surface area contributed by atoms with E-state index in [1.54, 1.807) is 6.07 Å². The average Bonchev–Trinajstić information content (AvgIpc) is 3.53. The first-order valence-corrected chi connectivity index (χ1v) is 14.2. The average molecular weight is 530 g/mol. The van der Waals surface area contributed by atoms with Crippen LogP contribution in [0.1, 0.15) is 49.0 Å². The summed E-state index contributed by atoms with van der Waals surface area (Å²) in [6, 6.07) is 4.14. The molecule has 10 heteroatoms. The molecule has 2 aromatic heterocycles. The highest BCUT2D eigenvalue weighted by Crippen LogP contribution is 2.48. The zero-order valence-corrected chi connectivity index (χ0v) is 21.4. The lowest BCUT2D eigenvalue weighted by atomic mass is 9.67. The van der Waals surface area contributed by atoms with Gasteiger partial charge in [-0.2, -0.15) is 18.4 Å². The first kappa shape index (κ1) is 23.7. The van der Waals surface area contributed by atoms with E-state index in [0.29, 0.717) is 59.6 Å². The zero-order chi connectivity index (χ0) is 25.5. The summed E-state index contributed by atoms with van der Waals surface area (Å²) in [5.41, 5.74) is 1.07. The Labute approximate surface area is 217 Å². The van der Waals surface area contributed by atoms with Crippen LogP contribution in [-0.2, 0) is 11.2 Å². The number of thiophene rings is 1. The standard InChI is InChI=1S/C27H30F3N5OS/c28-27(29,30)8-19-7-20-23(18(9-31)10-32-24(20)37-19)34-11-26(12-34)13-35(14-26)25(36)22-16-3-4-21(33-22)17(6-16)5-15-1-2-15/h7,10,15-17,21-22,33H,1-6,8,11-14H2/t16-,17+,21+,22+/m1/s1. The summed E-state index contributed by atoms with van der Waals surface area (Å²) in [7, 11) is 0. The molecule has 0 aromatic carbocycles. The molecular formula is C27H30F3N5OS. The lowest BCUT2D eigenvalue weighted by Gasteiger charge is -2.62. The van der Waals surface area contributed by atoms with Crippen molar-refractivity contribution in [3.8, 4) is 6.07 Å². The number of nitrogens with zero attached hydrogens (tertiary/aromatic N) is 4. The Bertz CT molecular complexity index is 1280. The number of carbonyl (C=O) groups excluding carboxylic acids is 1. The lowest BCUT2D eigenvalue weighted by Crippen LogP contribution is -2.75. The van der Waals surface area contributed by atoms with Gasteiger partial charge in [-0.3, -0.25) is 4.79 Å². The van der Waals surface area contributed by atoms with Crippen LogP contribution in [0, 0.1) is 34.5 Å². The highest BCUT2D eigenvalue weighted by molar-refractivity contribution is 7.18. The molecule has 6 aliphatic rings. The Morgan fingerprint density at radius 3 is 2.65 bits per heavy atom. The maximum atomic E-state index is 13.4. The molecule has 1 amide bonds. The molecule has 2 saturated carbocycles. The van der Waals surface area contributed by atoms with Crippen LogP contribution >= 0.6 is 11.3 Å². The largest absolute Gasteiger partial charge is 0.393 e. The van der Waals surface area contributed by atoms with E-state index < -0.39 is 12.6 Å². The van der Waals surface area contributed by atoms with Gasteiger partial charge in [-0.1, -0.05) is 12.8 Å². The normalized spacial score (nSPS) is 30.3. The minimum atomic E-state index is -4.29. The molecule has 4 saturated heterocycles. The van der Waals surface area contributed by atoms with Crippen LogP contribution in [-0.4, -0.2) is 60.2 Å². The number of amides is 1. The molecule has 1 spiro atoms. The van der Waals surface area contributed by atoms with Gasteiger partial charge in [0.25, 0.3) is 0 Å². The number of hydrogen-bond donors (Lipinski definition) is 1. The molecule has 2 aromatic rings. The van der Waals surface area contributed by atoms with Gasteiger partial charge in [0.15, 0.2) is 0 Å². The molecular weight excluding hydrogens is 499 g/mol. The molecule has 0 radical (unpaired) electrons. The maximum absolute atomic E-state index is 13.4. The van der Waals surface area contributed by atoms with Crippen molar-refractivity contribution in [1.29, 1.82) is 5.26 Å². The molecule has 196 valence electrons. The number of aromatic nitrogens is 1. The van der Waals surface area contributed by atoms with E-state index in [0.717, 1.165) is 29.6 Å². The highest BCUT2D eigenvalue weighted by Gasteiger charge is 2.56. The summed E-state index contributed by atoms with van der Waals surface area (Å²) >= 11 is 1.03. The predicted octanol–water partition coefficient (Wildman–Crippen LogP) is 4.48. The van der Waals surface area contributed by atoms with Crippen LogP contribution in [0.2, 0.25) is 0 Å². The van der Waals surface area contributed by atoms with Crippen LogP contribution in [0.4, 0.5) is 18.9 Å². The second-order valence-corrected chi connectivity index (χ2v) is 13.3. The number of likely N-dealkylation sites (tertiary alicyclic amines) is 1. The van der Waals surface area contributed by atoms with Gasteiger partial charge in [-0.15, -0.1) is 11.3 Å². The van der Waals surface area contributed by atoms with E-state index >= 15 is 0 Å². The van der Waals surface area contributed by atoms with E-state index in [9.17, 15) is 23.2 Å². The number of alkyl halides is 3. The molecule has 6 fully saturated rings. The van der Waals surface area contributed by atoms with Crippen LogP contribution in [0.5, 0.6) is 0 Å². The Morgan fingerprint density at radius 1 is 1.22 bits per heavy atom. The third kappa shape index (κ3) is 4.19. The topological polar surface area (TPSA) is 72.3 Å². The molecule has 6 heterocycles. The molecule has 37 heavy (non-hydrogen) atoms. The van der Waals surface area contributed by atoms with Gasteiger partial charge in [-0.25, -0.2) is 4.98 Å². The Balaban J connectivity index is 1.01. The number of anilines is 1. The molecule has 0 unspecified atom stereocenters. The summed E-state index contributed by atoms with van der Waals surface area (Å²) in [4.78, 5) is 22.4. The first-order chi connectivity index (χ1) is 17.7. The summed E-state index contributed by atoms with van der Waals surface area (Å²) < 4.78 is 38.9. The summed E-state index contributed by atoms with van der Waals surface area (Å²) in [5.74, 6) is 2.34. The van der Waals surface area contributed by atoms with Crippen molar-refractivity contribution in [2.75, 3.05) is 31.1 Å². The molecule has 2 aliphatic carbocycles. The zero-order valence-electron chi connectivity index (χ0n) is 20.6. The quantitative estimate of drug-likeness (QED) is 0.619. The number of nitrogens with one attached hydrogen (secondary N) is 1. The van der Waals surface area contributed by atoms with Crippen LogP contribution in [0.25, 0.3) is 10.2 Å². The minimum Gasteiger partial charge on any atom is -0.368 e. The number of carbonyl (C=O) groups is 1. The molecule has 4 aliphatic heterocycles. The molecule has 4 atom stereocenters. The monoisotopic (exact) mass is 529 g/mol. The van der Waals surface area contributed by atoms with Crippen molar-refractivity contribution < 1.29 is 18.0 Å². The number of rotatable bonds is 5. The van der Waals surface area contributed by atoms with Gasteiger partial charge in [0.05, 0.1) is 23.7 Å². The predicted molar refractivity (Wildman–Crippen MR) is 134 cm³/mol. The minimum absolute atomic E-state index is 0.00495. The van der Waals surface area contributed by atoms with Crippen molar-refractivity contribution in [3.63, 3.8) is 0 Å². The fourth-order valence-electron chi connectivity index (χ4n) is 7.48. The van der Waals surface area contributed by atoms with Crippen molar-refractivity contribution in [3.05, 3.63) is 22.7 Å². The first-order valence-electron chi connectivity index (χ1n) is 13.4. The van der Waals surface area contributed by atoms with Crippen molar-refractivity contribution in [2.45, 2.75) is 63.2 Å². The summed E-state index contributed by atoms with van der Waals surface area (Å²) in [6.45, 7) is 2.82. The van der Waals surface area contributed by atoms with Crippen LogP contribution in [0.3, 0.4) is 0 Å². The van der Waals surface area contributed by atoms with Gasteiger partial charge in [0, 0.05) is 54.1 Å². The van der Waals surface area contributed by atoms with E-state index in [-0.39, 0.29) is 22.2 Å². The van der Waals surface area contributed by atoms with Gasteiger partial charge < -0.3 is 15.1 Å². The molecule has 1 N–H and O–H groups in total. The molecule has 6 nitrogen and oxygen atoms in total. The van der Waals surface area contributed by atoms with Gasteiger partial charge in [0.1, 0.15) is 10.9 Å². The second kappa shape index (κ2) is 8.31. The highest BCUT2D eigenvalue weighted by atomic mass is 32.1. The number of fused-ring (bicyclic) bond motifs is 4. The van der Waals surface area contributed by atoms with Crippen LogP contribution in [0.15, 0.2) is 12.3 Å². The van der Waals surface area contributed by atoms with Gasteiger partial charge in [0.2, 0.25) is 5.91 Å². The number of pyridine rings is 1. The van der Waals surface area contributed by atoms with Crippen LogP contribution < -0.4 is 10.2 Å². The van der Waals surface area contributed by atoms with Crippen molar-refractivity contribution in [1.82, 2.24) is 15.2 Å². The fourth-order valence-corrected chi connectivity index (χ4v) is 8.51. The Kier molecular flexibility index (Phi) is 5.33. The maximum Gasteiger partial charge on any atom is 0.393 e. The smallest absolute Gasteiger partial charge is 0.368 e. The number of halogens is 3. The Hall–Kier alpha value is -2.38.